The van der Waals surface area contributed by atoms with Gasteiger partial charge in [0.2, 0.25) is 0 Å². The Hall–Kier alpha value is -1.90. The Morgan fingerprint density at radius 3 is 1.95 bits per heavy atom. The lowest BCUT2D eigenvalue weighted by atomic mass is 10.0. The lowest BCUT2D eigenvalue weighted by molar-refractivity contribution is 0.508. The van der Waals surface area contributed by atoms with Crippen LogP contribution in [0.1, 0.15) is 30.3 Å². The highest BCUT2D eigenvalue weighted by atomic mass is 15.0. The number of allylic oxidation sites excluding steroid dienone is 1. The van der Waals surface area contributed by atoms with Gasteiger partial charge >= 0.3 is 0 Å². The minimum absolute atomic E-state index is 0.126. The molecule has 0 heterocycles. The number of hydrogen-bond donors (Lipinski definition) is 2. The maximum absolute atomic E-state index is 6.22. The summed E-state index contributed by atoms with van der Waals surface area (Å²) >= 11 is 0. The summed E-state index contributed by atoms with van der Waals surface area (Å²) in [5, 5.41) is 3.44. The van der Waals surface area contributed by atoms with E-state index in [-0.39, 0.29) is 12.2 Å². The van der Waals surface area contributed by atoms with Crippen LogP contribution in [0.25, 0.3) is 0 Å². The molecule has 0 aromatic heterocycles. The zero-order valence-corrected chi connectivity index (χ0v) is 11.2. The standard InChI is InChI=1S/C17H20N2/c1-2-9-16(14-10-5-3-6-11-14)19-17(18)15-12-7-4-8-13-15/h2-13,16-17,19H,18H2,1H3/b9-2+. The van der Waals surface area contributed by atoms with Crippen LogP contribution in [0.2, 0.25) is 0 Å². The van der Waals surface area contributed by atoms with Gasteiger partial charge in [0.25, 0.3) is 0 Å². The summed E-state index contributed by atoms with van der Waals surface area (Å²) in [6.07, 6.45) is 3.99. The number of hydrogen-bond acceptors (Lipinski definition) is 2. The van der Waals surface area contributed by atoms with Crippen LogP contribution in [-0.4, -0.2) is 0 Å². The van der Waals surface area contributed by atoms with Crippen molar-refractivity contribution in [2.45, 2.75) is 19.1 Å². The molecule has 2 aromatic rings. The molecule has 0 fully saturated rings. The molecule has 0 radical (unpaired) electrons. The van der Waals surface area contributed by atoms with E-state index in [1.165, 1.54) is 5.56 Å². The molecule has 0 bridgehead atoms. The molecule has 2 heteroatoms. The van der Waals surface area contributed by atoms with Crippen LogP contribution >= 0.6 is 0 Å². The quantitative estimate of drug-likeness (QED) is 0.631. The fraction of sp³-hybridized carbons (Fsp3) is 0.176. The fourth-order valence-electron chi connectivity index (χ4n) is 2.07. The molecule has 2 rings (SSSR count). The van der Waals surface area contributed by atoms with Crippen molar-refractivity contribution in [3.63, 3.8) is 0 Å². The first-order valence-corrected chi connectivity index (χ1v) is 6.55. The van der Waals surface area contributed by atoms with Crippen LogP contribution in [-0.2, 0) is 0 Å². The van der Waals surface area contributed by atoms with Crippen LogP contribution < -0.4 is 11.1 Å². The van der Waals surface area contributed by atoms with Crippen LogP contribution in [0.5, 0.6) is 0 Å². The maximum Gasteiger partial charge on any atom is 0.0817 e. The molecule has 0 amide bonds. The molecular weight excluding hydrogens is 232 g/mol. The van der Waals surface area contributed by atoms with Crippen molar-refractivity contribution in [3.05, 3.63) is 83.9 Å². The van der Waals surface area contributed by atoms with Crippen molar-refractivity contribution in [2.75, 3.05) is 0 Å². The minimum atomic E-state index is -0.178. The Bertz CT molecular complexity index is 505. The van der Waals surface area contributed by atoms with E-state index in [9.17, 15) is 0 Å². The Labute approximate surface area is 115 Å². The molecule has 0 aliphatic rings. The van der Waals surface area contributed by atoms with E-state index in [4.69, 9.17) is 5.73 Å². The molecule has 19 heavy (non-hydrogen) atoms. The van der Waals surface area contributed by atoms with Gasteiger partial charge in [0.1, 0.15) is 0 Å². The van der Waals surface area contributed by atoms with Gasteiger partial charge in [0.05, 0.1) is 12.2 Å². The van der Waals surface area contributed by atoms with Gasteiger partial charge in [-0.1, -0.05) is 72.8 Å². The summed E-state index contributed by atoms with van der Waals surface area (Å²) in [6, 6.07) is 20.5. The minimum Gasteiger partial charge on any atom is -0.312 e. The molecule has 2 unspecified atom stereocenters. The van der Waals surface area contributed by atoms with Crippen molar-refractivity contribution in [1.82, 2.24) is 5.32 Å². The van der Waals surface area contributed by atoms with Gasteiger partial charge in [-0.05, 0) is 18.1 Å². The maximum atomic E-state index is 6.22. The third-order valence-corrected chi connectivity index (χ3v) is 3.06. The lowest BCUT2D eigenvalue weighted by Crippen LogP contribution is -2.31. The van der Waals surface area contributed by atoms with Crippen LogP contribution in [0.3, 0.4) is 0 Å². The molecule has 3 N–H and O–H groups in total. The third kappa shape index (κ3) is 3.78. The van der Waals surface area contributed by atoms with Crippen molar-refractivity contribution in [1.29, 1.82) is 0 Å². The summed E-state index contributed by atoms with van der Waals surface area (Å²) in [5.41, 5.74) is 8.52. The zero-order chi connectivity index (χ0) is 13.5. The number of nitrogens with one attached hydrogen (secondary N) is 1. The molecule has 2 nitrogen and oxygen atoms in total. The monoisotopic (exact) mass is 252 g/mol. The fourth-order valence-corrected chi connectivity index (χ4v) is 2.07. The molecule has 0 saturated heterocycles. The summed E-state index contributed by atoms with van der Waals surface area (Å²) in [5.74, 6) is 0. The first-order chi connectivity index (χ1) is 9.31. The average Bonchev–Trinajstić information content (AvgIpc) is 2.48. The highest BCUT2D eigenvalue weighted by Crippen LogP contribution is 2.18. The second-order valence-electron chi connectivity index (χ2n) is 4.47. The van der Waals surface area contributed by atoms with E-state index in [2.05, 4.69) is 23.5 Å². The molecule has 0 aliphatic carbocycles. The third-order valence-electron chi connectivity index (χ3n) is 3.06. The Balaban J connectivity index is 2.14. The summed E-state index contributed by atoms with van der Waals surface area (Å²) in [4.78, 5) is 0. The van der Waals surface area contributed by atoms with Gasteiger partial charge in [0.15, 0.2) is 0 Å². The summed E-state index contributed by atoms with van der Waals surface area (Å²) in [7, 11) is 0. The van der Waals surface area contributed by atoms with Crippen molar-refractivity contribution >= 4 is 0 Å². The molecule has 2 aromatic carbocycles. The van der Waals surface area contributed by atoms with Crippen molar-refractivity contribution in [2.24, 2.45) is 5.73 Å². The lowest BCUT2D eigenvalue weighted by Gasteiger charge is -2.21. The van der Waals surface area contributed by atoms with Crippen molar-refractivity contribution in [3.8, 4) is 0 Å². The van der Waals surface area contributed by atoms with E-state index in [1.54, 1.807) is 0 Å². The number of rotatable bonds is 5. The Morgan fingerprint density at radius 1 is 0.895 bits per heavy atom. The van der Waals surface area contributed by atoms with E-state index in [0.29, 0.717) is 0 Å². The number of benzene rings is 2. The highest BCUT2D eigenvalue weighted by Gasteiger charge is 2.12. The predicted octanol–water partition coefficient (Wildman–Crippen LogP) is 3.55. The molecule has 2 atom stereocenters. The van der Waals surface area contributed by atoms with Gasteiger partial charge in [-0.25, -0.2) is 0 Å². The van der Waals surface area contributed by atoms with Gasteiger partial charge in [-0.3, -0.25) is 5.32 Å². The van der Waals surface area contributed by atoms with Crippen LogP contribution in [0.4, 0.5) is 0 Å². The second-order valence-corrected chi connectivity index (χ2v) is 4.47. The predicted molar refractivity (Wildman–Crippen MR) is 80.5 cm³/mol. The molecular formula is C17H20N2. The molecule has 0 spiro atoms. The van der Waals surface area contributed by atoms with Gasteiger partial charge in [-0.15, -0.1) is 0 Å². The molecule has 0 aliphatic heterocycles. The smallest absolute Gasteiger partial charge is 0.0817 e. The van der Waals surface area contributed by atoms with Gasteiger partial charge in [-0.2, -0.15) is 0 Å². The van der Waals surface area contributed by atoms with E-state index >= 15 is 0 Å². The Morgan fingerprint density at radius 2 is 1.42 bits per heavy atom. The van der Waals surface area contributed by atoms with E-state index in [0.717, 1.165) is 5.56 Å². The van der Waals surface area contributed by atoms with E-state index < -0.39 is 0 Å². The van der Waals surface area contributed by atoms with Gasteiger partial charge in [0, 0.05) is 0 Å². The van der Waals surface area contributed by atoms with Gasteiger partial charge < -0.3 is 5.73 Å². The Kier molecular flexibility index (Phi) is 4.90. The highest BCUT2D eigenvalue weighted by molar-refractivity contribution is 5.25. The average molecular weight is 252 g/mol. The van der Waals surface area contributed by atoms with Crippen LogP contribution in [0, 0.1) is 0 Å². The molecule has 98 valence electrons. The largest absolute Gasteiger partial charge is 0.312 e. The topological polar surface area (TPSA) is 38.0 Å². The van der Waals surface area contributed by atoms with Crippen molar-refractivity contribution < 1.29 is 0 Å². The normalized spacial score (nSPS) is 14.4. The van der Waals surface area contributed by atoms with E-state index in [1.807, 2.05) is 61.5 Å². The second kappa shape index (κ2) is 6.88. The number of nitrogens with two attached hydrogens (primary N) is 1. The zero-order valence-electron chi connectivity index (χ0n) is 11.2. The first-order valence-electron chi connectivity index (χ1n) is 6.55. The SMILES string of the molecule is C/C=C/C(NC(N)c1ccccc1)c1ccccc1. The van der Waals surface area contributed by atoms with Crippen LogP contribution in [0.15, 0.2) is 72.8 Å². The summed E-state index contributed by atoms with van der Waals surface area (Å²) < 4.78 is 0. The molecule has 0 saturated carbocycles. The first kappa shape index (κ1) is 13.5. The summed E-state index contributed by atoms with van der Waals surface area (Å²) in [6.45, 7) is 2.02.